The van der Waals surface area contributed by atoms with Gasteiger partial charge in [-0.1, -0.05) is 54.6 Å². The lowest BCUT2D eigenvalue weighted by Gasteiger charge is -2.51. The Hall–Kier alpha value is -3.53. The average Bonchev–Trinajstić information content (AvgIpc) is 3.07. The summed E-state index contributed by atoms with van der Waals surface area (Å²) < 4.78 is 0. The van der Waals surface area contributed by atoms with Crippen LogP contribution in [-0.2, 0) is 19.8 Å². The largest absolute Gasteiger partial charge is 0.302 e. The Morgan fingerprint density at radius 2 is 1.42 bits per heavy atom. The van der Waals surface area contributed by atoms with Gasteiger partial charge in [0.2, 0.25) is 11.8 Å². The highest BCUT2D eigenvalue weighted by molar-refractivity contribution is 6.24. The Balaban J connectivity index is 1.63. The maximum atomic E-state index is 13.9. The second-order valence-corrected chi connectivity index (χ2v) is 8.92. The van der Waals surface area contributed by atoms with E-state index in [0.29, 0.717) is 5.69 Å². The van der Waals surface area contributed by atoms with Crippen molar-refractivity contribution >= 4 is 23.8 Å². The van der Waals surface area contributed by atoms with E-state index in [0.717, 1.165) is 39.7 Å². The summed E-state index contributed by atoms with van der Waals surface area (Å²) in [7, 11) is 0. The van der Waals surface area contributed by atoms with Crippen LogP contribution in [0.1, 0.15) is 39.3 Å². The zero-order valence-corrected chi connectivity index (χ0v) is 17.3. The van der Waals surface area contributed by atoms with Gasteiger partial charge in [0.05, 0.1) is 22.9 Å². The second kappa shape index (κ2) is 6.01. The first-order valence-corrected chi connectivity index (χ1v) is 10.6. The van der Waals surface area contributed by atoms with Gasteiger partial charge in [-0.3, -0.25) is 9.59 Å². The van der Waals surface area contributed by atoms with Gasteiger partial charge in [-0.25, -0.2) is 4.90 Å². The monoisotopic (exact) mass is 407 g/mol. The third-order valence-corrected chi connectivity index (χ3v) is 7.62. The van der Waals surface area contributed by atoms with E-state index in [1.165, 1.54) is 4.90 Å². The third kappa shape index (κ3) is 2.03. The van der Waals surface area contributed by atoms with Gasteiger partial charge in [-0.15, -0.1) is 0 Å². The minimum Gasteiger partial charge on any atom is -0.302 e. The highest BCUT2D eigenvalue weighted by Crippen LogP contribution is 2.63. The minimum absolute atomic E-state index is 0.210. The summed E-state index contributed by atoms with van der Waals surface area (Å²) in [6, 6.07) is 21.2. The zero-order chi connectivity index (χ0) is 21.5. The number of hydrogen-bond donors (Lipinski definition) is 0. The van der Waals surface area contributed by atoms with Crippen molar-refractivity contribution in [1.29, 1.82) is 0 Å². The topological polar surface area (TPSA) is 54.5 Å². The molecule has 0 radical (unpaired) electrons. The maximum Gasteiger partial charge on any atom is 0.239 e. The number of nitrogens with zero attached hydrogens (tertiary/aromatic N) is 1. The molecule has 0 N–H and O–H groups in total. The number of imide groups is 1. The smallest absolute Gasteiger partial charge is 0.239 e. The molecule has 0 spiro atoms. The van der Waals surface area contributed by atoms with Gasteiger partial charge in [0.1, 0.15) is 6.29 Å². The Morgan fingerprint density at radius 3 is 2.00 bits per heavy atom. The van der Waals surface area contributed by atoms with Crippen LogP contribution in [-0.4, -0.2) is 18.1 Å². The second-order valence-electron chi connectivity index (χ2n) is 8.92. The number of carbonyl (C=O) groups excluding carboxylic acids is 3. The summed E-state index contributed by atoms with van der Waals surface area (Å²) in [6.07, 6.45) is 0.910. The standard InChI is InChI=1S/C27H21NO3/c1-15-11-12-17(13-16(15)2)28-25(30)23-22-18-7-3-5-9-20(18)27(14-29,24(23)26(28)31)21-10-6-4-8-19(21)22/h3-14,22-24H,1-2H3/t22?,23-,24-,27?/m0/s1. The summed E-state index contributed by atoms with van der Waals surface area (Å²) in [5.41, 5.74) is 5.25. The van der Waals surface area contributed by atoms with E-state index in [4.69, 9.17) is 0 Å². The number of aldehydes is 1. The Bertz CT molecular complexity index is 1260. The molecule has 2 bridgehead atoms. The van der Waals surface area contributed by atoms with E-state index >= 15 is 0 Å². The molecule has 4 aliphatic rings. The normalized spacial score (nSPS) is 27.7. The molecule has 2 atom stereocenters. The summed E-state index contributed by atoms with van der Waals surface area (Å²) >= 11 is 0. The van der Waals surface area contributed by atoms with Crippen LogP contribution < -0.4 is 4.90 Å². The molecule has 152 valence electrons. The summed E-state index contributed by atoms with van der Waals surface area (Å²) in [4.78, 5) is 41.9. The number of anilines is 1. The molecule has 1 saturated heterocycles. The molecular formula is C27H21NO3. The molecule has 7 rings (SSSR count). The lowest BCUT2D eigenvalue weighted by atomic mass is 9.48. The predicted octanol–water partition coefficient (Wildman–Crippen LogP) is 4.05. The highest BCUT2D eigenvalue weighted by Gasteiger charge is 2.68. The third-order valence-electron chi connectivity index (χ3n) is 7.62. The van der Waals surface area contributed by atoms with Gasteiger partial charge in [-0.05, 0) is 59.4 Å². The van der Waals surface area contributed by atoms with Crippen molar-refractivity contribution in [2.24, 2.45) is 11.8 Å². The van der Waals surface area contributed by atoms with Gasteiger partial charge in [0.25, 0.3) is 0 Å². The molecule has 0 unspecified atom stereocenters. The fourth-order valence-corrected chi connectivity index (χ4v) is 6.15. The number of benzene rings is 3. The molecule has 1 aliphatic heterocycles. The first kappa shape index (κ1) is 18.3. The van der Waals surface area contributed by atoms with E-state index in [-0.39, 0.29) is 17.7 Å². The van der Waals surface area contributed by atoms with Crippen molar-refractivity contribution in [3.05, 3.63) is 100 Å². The number of amides is 2. The van der Waals surface area contributed by atoms with Crippen LogP contribution in [0.3, 0.4) is 0 Å². The van der Waals surface area contributed by atoms with Gasteiger partial charge in [0.15, 0.2) is 0 Å². The van der Waals surface area contributed by atoms with Crippen molar-refractivity contribution < 1.29 is 14.4 Å². The van der Waals surface area contributed by atoms with Gasteiger partial charge in [0, 0.05) is 5.92 Å². The number of rotatable bonds is 2. The number of aryl methyl sites for hydroxylation is 2. The van der Waals surface area contributed by atoms with Crippen molar-refractivity contribution in [1.82, 2.24) is 0 Å². The SMILES string of the molecule is Cc1ccc(N2C(=O)[C@@H]3[C@@H](C2=O)C2c4ccccc4C3(C=O)c3ccccc32)cc1C. The van der Waals surface area contributed by atoms with Crippen LogP contribution in [0, 0.1) is 25.7 Å². The first-order chi connectivity index (χ1) is 15.0. The van der Waals surface area contributed by atoms with Crippen LogP contribution in [0.15, 0.2) is 66.7 Å². The Morgan fingerprint density at radius 1 is 0.806 bits per heavy atom. The van der Waals surface area contributed by atoms with Crippen LogP contribution in [0.4, 0.5) is 5.69 Å². The fraction of sp³-hybridized carbons (Fsp3) is 0.222. The lowest BCUT2D eigenvalue weighted by molar-refractivity contribution is -0.128. The first-order valence-electron chi connectivity index (χ1n) is 10.6. The zero-order valence-electron chi connectivity index (χ0n) is 17.3. The fourth-order valence-electron chi connectivity index (χ4n) is 6.15. The molecule has 2 amide bonds. The predicted molar refractivity (Wildman–Crippen MR) is 117 cm³/mol. The molecule has 3 aromatic rings. The van der Waals surface area contributed by atoms with Crippen LogP contribution in [0.25, 0.3) is 0 Å². The minimum atomic E-state index is -1.15. The van der Waals surface area contributed by atoms with Crippen LogP contribution in [0.2, 0.25) is 0 Å². The van der Waals surface area contributed by atoms with Crippen LogP contribution in [0.5, 0.6) is 0 Å². The molecule has 0 saturated carbocycles. The van der Waals surface area contributed by atoms with Crippen molar-refractivity contribution in [2.45, 2.75) is 25.2 Å². The van der Waals surface area contributed by atoms with Gasteiger partial charge in [-0.2, -0.15) is 0 Å². The summed E-state index contributed by atoms with van der Waals surface area (Å²) in [5, 5.41) is 0. The van der Waals surface area contributed by atoms with Gasteiger partial charge < -0.3 is 4.79 Å². The van der Waals surface area contributed by atoms with E-state index in [1.807, 2.05) is 80.6 Å². The molecule has 4 nitrogen and oxygen atoms in total. The van der Waals surface area contributed by atoms with Crippen molar-refractivity contribution in [3.8, 4) is 0 Å². The molecule has 31 heavy (non-hydrogen) atoms. The average molecular weight is 407 g/mol. The molecule has 3 aliphatic carbocycles. The molecule has 1 heterocycles. The lowest BCUT2D eigenvalue weighted by Crippen LogP contribution is -2.54. The van der Waals surface area contributed by atoms with E-state index in [1.54, 1.807) is 0 Å². The van der Waals surface area contributed by atoms with E-state index in [9.17, 15) is 14.4 Å². The van der Waals surface area contributed by atoms with Crippen molar-refractivity contribution in [2.75, 3.05) is 4.90 Å². The highest BCUT2D eigenvalue weighted by atomic mass is 16.2. The molecule has 1 fully saturated rings. The summed E-state index contributed by atoms with van der Waals surface area (Å²) in [5.74, 6) is -2.02. The van der Waals surface area contributed by atoms with Gasteiger partial charge >= 0.3 is 0 Å². The van der Waals surface area contributed by atoms with E-state index < -0.39 is 17.3 Å². The molecule has 0 aromatic heterocycles. The number of carbonyl (C=O) groups is 3. The van der Waals surface area contributed by atoms with Crippen LogP contribution >= 0.6 is 0 Å². The van der Waals surface area contributed by atoms with E-state index in [2.05, 4.69) is 0 Å². The maximum absolute atomic E-state index is 13.9. The Labute approximate surface area is 180 Å². The van der Waals surface area contributed by atoms with Crippen molar-refractivity contribution in [3.63, 3.8) is 0 Å². The number of hydrogen-bond acceptors (Lipinski definition) is 3. The molecule has 3 aromatic carbocycles. The quantitative estimate of drug-likeness (QED) is 0.476. The molecule has 4 heteroatoms. The Kier molecular flexibility index (Phi) is 3.54. The summed E-state index contributed by atoms with van der Waals surface area (Å²) in [6.45, 7) is 3.97. The molecular weight excluding hydrogens is 386 g/mol.